The highest BCUT2D eigenvalue weighted by atomic mass is 35.5. The normalized spacial score (nSPS) is 15.6. The second kappa shape index (κ2) is 8.54. The fourth-order valence-electron chi connectivity index (χ4n) is 2.93. The summed E-state index contributed by atoms with van der Waals surface area (Å²) in [6, 6.07) is 8.05. The van der Waals surface area contributed by atoms with E-state index >= 15 is 0 Å². The Morgan fingerprint density at radius 2 is 2.12 bits per heavy atom. The Morgan fingerprint density at radius 1 is 1.32 bits per heavy atom. The van der Waals surface area contributed by atoms with Crippen LogP contribution >= 0.6 is 22.9 Å². The zero-order valence-corrected chi connectivity index (χ0v) is 16.3. The molecule has 1 N–H and O–H groups in total. The van der Waals surface area contributed by atoms with Crippen LogP contribution in [0.5, 0.6) is 0 Å². The second-order valence-corrected chi connectivity index (χ2v) is 7.56. The number of aliphatic imine (C=N–C) groups is 1. The molecule has 1 aromatic heterocycles. The van der Waals surface area contributed by atoms with E-state index < -0.39 is 0 Å². The van der Waals surface area contributed by atoms with Gasteiger partial charge in [-0.3, -0.25) is 4.99 Å². The zero-order valence-electron chi connectivity index (χ0n) is 14.7. The third kappa shape index (κ3) is 4.64. The highest BCUT2D eigenvalue weighted by Gasteiger charge is 2.20. The minimum atomic E-state index is 0.728. The van der Waals surface area contributed by atoms with Gasteiger partial charge in [0.15, 0.2) is 5.96 Å². The van der Waals surface area contributed by atoms with Crippen LogP contribution in [-0.2, 0) is 13.0 Å². The number of aromatic nitrogens is 1. The van der Waals surface area contributed by atoms with Gasteiger partial charge in [0, 0.05) is 55.0 Å². The highest BCUT2D eigenvalue weighted by Crippen LogP contribution is 2.21. The predicted octanol–water partition coefficient (Wildman–Crippen LogP) is 3.26. The van der Waals surface area contributed by atoms with Crippen molar-refractivity contribution in [2.45, 2.75) is 19.9 Å². The summed E-state index contributed by atoms with van der Waals surface area (Å²) in [5.74, 6) is 0.944. The van der Waals surface area contributed by atoms with E-state index in [1.807, 2.05) is 31.4 Å². The summed E-state index contributed by atoms with van der Waals surface area (Å²) in [7, 11) is 1.84. The van der Waals surface area contributed by atoms with Gasteiger partial charge in [-0.25, -0.2) is 4.98 Å². The maximum atomic E-state index is 6.11. The number of rotatable bonds is 4. The van der Waals surface area contributed by atoms with E-state index in [1.54, 1.807) is 11.3 Å². The zero-order chi connectivity index (χ0) is 17.6. The van der Waals surface area contributed by atoms with E-state index in [0.29, 0.717) is 0 Å². The third-order valence-corrected chi connectivity index (χ3v) is 5.69. The molecule has 0 atom stereocenters. The Bertz CT molecular complexity index is 722. The maximum Gasteiger partial charge on any atom is 0.194 e. The minimum absolute atomic E-state index is 0.728. The van der Waals surface area contributed by atoms with Crippen LogP contribution in [0.3, 0.4) is 0 Å². The first-order valence-corrected chi connectivity index (χ1v) is 9.78. The molecule has 0 aliphatic carbocycles. The Hall–Kier alpha value is -1.79. The molecule has 2 aromatic rings. The molecule has 0 bridgehead atoms. The molecule has 7 heteroatoms. The molecule has 2 heterocycles. The first-order chi connectivity index (χ1) is 12.2. The molecule has 1 aliphatic heterocycles. The number of nitrogens with one attached hydrogen (secondary N) is 1. The third-order valence-electron chi connectivity index (χ3n) is 4.31. The lowest BCUT2D eigenvalue weighted by atomic mass is 10.2. The van der Waals surface area contributed by atoms with Crippen LogP contribution in [0.1, 0.15) is 16.8 Å². The number of nitrogens with zero attached hydrogens (tertiary/aromatic N) is 4. The van der Waals surface area contributed by atoms with Gasteiger partial charge in [0.1, 0.15) is 5.01 Å². The number of aryl methyl sites for hydroxylation is 1. The molecular formula is C18H24ClN5S. The number of hydrogen-bond donors (Lipinski definition) is 1. The van der Waals surface area contributed by atoms with E-state index in [2.05, 4.69) is 38.1 Å². The van der Waals surface area contributed by atoms with Gasteiger partial charge >= 0.3 is 0 Å². The van der Waals surface area contributed by atoms with Crippen molar-refractivity contribution in [1.29, 1.82) is 0 Å². The van der Waals surface area contributed by atoms with E-state index in [-0.39, 0.29) is 0 Å². The fraction of sp³-hybridized carbons (Fsp3) is 0.444. The van der Waals surface area contributed by atoms with Crippen molar-refractivity contribution < 1.29 is 0 Å². The lowest BCUT2D eigenvalue weighted by Crippen LogP contribution is -2.52. The van der Waals surface area contributed by atoms with Crippen LogP contribution < -0.4 is 10.2 Å². The minimum Gasteiger partial charge on any atom is -0.368 e. The topological polar surface area (TPSA) is 43.8 Å². The fourth-order valence-corrected chi connectivity index (χ4v) is 3.92. The SMILES string of the molecule is CCc1cnc(CNC(=NC)N2CCN(c3cccc(Cl)c3)CC2)s1. The first-order valence-electron chi connectivity index (χ1n) is 8.59. The van der Waals surface area contributed by atoms with Crippen LogP contribution in [0.15, 0.2) is 35.5 Å². The van der Waals surface area contributed by atoms with Crippen LogP contribution in [0.2, 0.25) is 5.02 Å². The number of benzene rings is 1. The highest BCUT2D eigenvalue weighted by molar-refractivity contribution is 7.11. The Balaban J connectivity index is 1.53. The summed E-state index contributed by atoms with van der Waals surface area (Å²) < 4.78 is 0. The Kier molecular flexibility index (Phi) is 6.15. The van der Waals surface area contributed by atoms with Crippen molar-refractivity contribution in [3.05, 3.63) is 45.4 Å². The van der Waals surface area contributed by atoms with Gasteiger partial charge in [0.25, 0.3) is 0 Å². The molecule has 1 aliphatic rings. The van der Waals surface area contributed by atoms with E-state index in [4.69, 9.17) is 11.6 Å². The molecule has 0 saturated carbocycles. The predicted molar refractivity (Wildman–Crippen MR) is 107 cm³/mol. The molecule has 25 heavy (non-hydrogen) atoms. The van der Waals surface area contributed by atoms with Crippen LogP contribution in [0.25, 0.3) is 0 Å². The van der Waals surface area contributed by atoms with E-state index in [1.165, 1.54) is 10.6 Å². The molecule has 1 fully saturated rings. The number of hydrogen-bond acceptors (Lipinski definition) is 4. The number of halogens is 1. The maximum absolute atomic E-state index is 6.11. The van der Waals surface area contributed by atoms with Gasteiger partial charge in [-0.2, -0.15) is 0 Å². The smallest absolute Gasteiger partial charge is 0.194 e. The number of anilines is 1. The average molecular weight is 378 g/mol. The average Bonchev–Trinajstić information content (AvgIpc) is 3.11. The van der Waals surface area contributed by atoms with Crippen LogP contribution in [0, 0.1) is 0 Å². The lowest BCUT2D eigenvalue weighted by Gasteiger charge is -2.37. The molecule has 0 amide bonds. The summed E-state index contributed by atoms with van der Waals surface area (Å²) in [4.78, 5) is 14.9. The standard InChI is InChI=1S/C18H24ClN5S/c1-3-16-12-21-17(25-16)13-22-18(20-2)24-9-7-23(8-10-24)15-6-4-5-14(19)11-15/h4-6,11-12H,3,7-10,13H2,1-2H3,(H,20,22). The first kappa shape index (κ1) is 18.0. The monoisotopic (exact) mass is 377 g/mol. The summed E-state index contributed by atoms with van der Waals surface area (Å²) >= 11 is 7.87. The second-order valence-electron chi connectivity index (χ2n) is 5.93. The van der Waals surface area contributed by atoms with Gasteiger partial charge in [0.05, 0.1) is 6.54 Å². The summed E-state index contributed by atoms with van der Waals surface area (Å²) in [6.07, 6.45) is 3.01. The quantitative estimate of drug-likeness (QED) is 0.656. The molecule has 3 rings (SSSR count). The molecule has 0 unspecified atom stereocenters. The van der Waals surface area contributed by atoms with Crippen molar-refractivity contribution in [1.82, 2.24) is 15.2 Å². The molecule has 1 aromatic carbocycles. The van der Waals surface area contributed by atoms with Crippen LogP contribution in [0.4, 0.5) is 5.69 Å². The molecule has 1 saturated heterocycles. The van der Waals surface area contributed by atoms with Gasteiger partial charge in [0.2, 0.25) is 0 Å². The van der Waals surface area contributed by atoms with Gasteiger partial charge in [-0.05, 0) is 24.6 Å². The van der Waals surface area contributed by atoms with E-state index in [9.17, 15) is 0 Å². The number of piperazine rings is 1. The van der Waals surface area contributed by atoms with Crippen LogP contribution in [-0.4, -0.2) is 49.1 Å². The molecule has 134 valence electrons. The van der Waals surface area contributed by atoms with E-state index in [0.717, 1.165) is 55.1 Å². The van der Waals surface area contributed by atoms with Gasteiger partial charge in [-0.15, -0.1) is 11.3 Å². The summed E-state index contributed by atoms with van der Waals surface area (Å²) in [5, 5.41) is 5.33. The molecular weight excluding hydrogens is 354 g/mol. The Labute approximate surface area is 158 Å². The van der Waals surface area contributed by atoms with Gasteiger partial charge in [-0.1, -0.05) is 24.6 Å². The van der Waals surface area contributed by atoms with Gasteiger partial charge < -0.3 is 15.1 Å². The van der Waals surface area contributed by atoms with Crippen molar-refractivity contribution in [3.63, 3.8) is 0 Å². The van der Waals surface area contributed by atoms with Crippen molar-refractivity contribution >= 4 is 34.6 Å². The Morgan fingerprint density at radius 3 is 2.76 bits per heavy atom. The molecule has 5 nitrogen and oxygen atoms in total. The molecule has 0 spiro atoms. The van der Waals surface area contributed by atoms with Crippen molar-refractivity contribution in [2.24, 2.45) is 4.99 Å². The number of guanidine groups is 1. The lowest BCUT2D eigenvalue weighted by molar-refractivity contribution is 0.372. The van der Waals surface area contributed by atoms with Crippen molar-refractivity contribution in [3.8, 4) is 0 Å². The summed E-state index contributed by atoms with van der Waals surface area (Å²) in [6.45, 7) is 6.67. The largest absolute Gasteiger partial charge is 0.368 e. The number of thiazole rings is 1. The summed E-state index contributed by atoms with van der Waals surface area (Å²) in [5.41, 5.74) is 1.19. The van der Waals surface area contributed by atoms with Crippen molar-refractivity contribution in [2.75, 3.05) is 38.1 Å². The molecule has 0 radical (unpaired) electrons.